The summed E-state index contributed by atoms with van der Waals surface area (Å²) in [5.74, 6) is 0.974. The van der Waals surface area contributed by atoms with E-state index >= 15 is 0 Å². The molecule has 1 unspecified atom stereocenters. The maximum absolute atomic E-state index is 6.05. The average molecular weight is 344 g/mol. The fraction of sp³-hybridized carbons (Fsp3) is 0.750. The molecular weight excluding hydrogens is 318 g/mol. The van der Waals surface area contributed by atoms with Crippen LogP contribution in [0, 0.1) is 0 Å². The zero-order chi connectivity index (χ0) is 14.4. The smallest absolute Gasteiger partial charge is 0.137 e. The molecule has 3 nitrogen and oxygen atoms in total. The van der Waals surface area contributed by atoms with Gasteiger partial charge in [-0.1, -0.05) is 32.6 Å². The predicted molar refractivity (Wildman–Crippen MR) is 84.9 cm³/mol. The number of halogens is 1. The van der Waals surface area contributed by atoms with Gasteiger partial charge >= 0.3 is 0 Å². The van der Waals surface area contributed by atoms with Crippen LogP contribution in [0.1, 0.15) is 63.7 Å². The van der Waals surface area contributed by atoms with E-state index in [0.29, 0.717) is 0 Å². The number of ether oxygens (including phenoxy) is 1. The quantitative estimate of drug-likeness (QED) is 0.751. The number of hydrogen-bond donors (Lipinski definition) is 1. The first-order valence-corrected chi connectivity index (χ1v) is 8.54. The molecule has 0 amide bonds. The maximum Gasteiger partial charge on any atom is 0.137 e. The minimum atomic E-state index is -0.147. The second-order valence-corrected chi connectivity index (χ2v) is 6.56. The number of methoxy groups -OCH3 is 1. The fourth-order valence-electron chi connectivity index (χ4n) is 3.26. The van der Waals surface area contributed by atoms with E-state index in [1.807, 2.05) is 13.2 Å². The molecule has 0 aliphatic heterocycles. The molecule has 20 heavy (non-hydrogen) atoms. The van der Waals surface area contributed by atoms with Gasteiger partial charge in [-0.2, -0.15) is 0 Å². The van der Waals surface area contributed by atoms with Gasteiger partial charge in [-0.3, -0.25) is 0 Å². The molecule has 114 valence electrons. The van der Waals surface area contributed by atoms with Crippen LogP contribution < -0.4 is 5.32 Å². The summed E-state index contributed by atoms with van der Waals surface area (Å²) in [6, 6.07) is 2.09. The summed E-state index contributed by atoms with van der Waals surface area (Å²) >= 11 is 3.61. The van der Waals surface area contributed by atoms with Gasteiger partial charge in [0, 0.05) is 7.11 Å². The van der Waals surface area contributed by atoms with Gasteiger partial charge in [0.1, 0.15) is 5.76 Å². The molecule has 0 radical (unpaired) electrons. The van der Waals surface area contributed by atoms with Crippen LogP contribution in [-0.2, 0) is 4.74 Å². The summed E-state index contributed by atoms with van der Waals surface area (Å²) < 4.78 is 12.8. The lowest BCUT2D eigenvalue weighted by Gasteiger charge is -2.39. The summed E-state index contributed by atoms with van der Waals surface area (Å²) in [6.07, 6.45) is 10.1. The molecule has 1 heterocycles. The number of hydrogen-bond acceptors (Lipinski definition) is 3. The van der Waals surface area contributed by atoms with Crippen molar-refractivity contribution >= 4 is 15.9 Å². The van der Waals surface area contributed by atoms with E-state index in [2.05, 4.69) is 28.2 Å². The topological polar surface area (TPSA) is 34.4 Å². The molecule has 0 bridgehead atoms. The van der Waals surface area contributed by atoms with Crippen LogP contribution in [0.4, 0.5) is 0 Å². The van der Waals surface area contributed by atoms with Crippen LogP contribution in [0.15, 0.2) is 21.2 Å². The first-order chi connectivity index (χ1) is 9.73. The maximum atomic E-state index is 6.05. The van der Waals surface area contributed by atoms with Crippen molar-refractivity contribution in [3.05, 3.63) is 22.6 Å². The molecule has 0 aromatic carbocycles. The van der Waals surface area contributed by atoms with Crippen LogP contribution >= 0.6 is 15.9 Å². The summed E-state index contributed by atoms with van der Waals surface area (Å²) in [7, 11) is 1.85. The van der Waals surface area contributed by atoms with Crippen molar-refractivity contribution in [1.82, 2.24) is 5.32 Å². The molecule has 1 N–H and O–H groups in total. The molecule has 0 saturated heterocycles. The first kappa shape index (κ1) is 16.1. The molecule has 1 aromatic rings. The minimum Gasteiger partial charge on any atom is -0.466 e. The number of nitrogens with one attached hydrogen (secondary N) is 1. The van der Waals surface area contributed by atoms with Gasteiger partial charge in [-0.05, 0) is 47.8 Å². The van der Waals surface area contributed by atoms with Crippen molar-refractivity contribution in [2.75, 3.05) is 13.7 Å². The van der Waals surface area contributed by atoms with E-state index in [4.69, 9.17) is 9.15 Å². The Bertz CT molecular complexity index is 397. The molecule has 4 heteroatoms. The highest BCUT2D eigenvalue weighted by Gasteiger charge is 2.42. The Labute approximate surface area is 130 Å². The van der Waals surface area contributed by atoms with E-state index in [1.165, 1.54) is 25.7 Å². The largest absolute Gasteiger partial charge is 0.466 e. The normalized spacial score (nSPS) is 20.6. The Kier molecular flexibility index (Phi) is 6.12. The van der Waals surface area contributed by atoms with Gasteiger partial charge in [0.15, 0.2) is 0 Å². The van der Waals surface area contributed by atoms with Gasteiger partial charge in [-0.25, -0.2) is 0 Å². The van der Waals surface area contributed by atoms with Crippen LogP contribution in [0.25, 0.3) is 0 Å². The van der Waals surface area contributed by atoms with Crippen molar-refractivity contribution in [1.29, 1.82) is 0 Å². The third-order valence-electron chi connectivity index (χ3n) is 4.39. The van der Waals surface area contributed by atoms with Gasteiger partial charge in [0.2, 0.25) is 0 Å². The Morgan fingerprint density at radius 1 is 1.35 bits per heavy atom. The Morgan fingerprint density at radius 3 is 2.55 bits per heavy atom. The standard InChI is InChI=1S/C16H26BrNO2/c1-3-11-18-15(14-13(17)8-12-20-14)16(19-2)9-6-4-5-7-10-16/h8,12,15,18H,3-7,9-11H2,1-2H3. The molecule has 1 aromatic heterocycles. The summed E-state index contributed by atoms with van der Waals surface area (Å²) in [6.45, 7) is 3.16. The third kappa shape index (κ3) is 3.46. The van der Waals surface area contributed by atoms with E-state index < -0.39 is 0 Å². The molecule has 1 saturated carbocycles. The summed E-state index contributed by atoms with van der Waals surface area (Å²) in [5, 5.41) is 3.65. The molecule has 1 fully saturated rings. The second-order valence-electron chi connectivity index (χ2n) is 5.70. The lowest BCUT2D eigenvalue weighted by Crippen LogP contribution is -2.45. The van der Waals surface area contributed by atoms with Crippen LogP contribution in [0.3, 0.4) is 0 Å². The van der Waals surface area contributed by atoms with E-state index in [0.717, 1.165) is 36.0 Å². The van der Waals surface area contributed by atoms with Gasteiger partial charge < -0.3 is 14.5 Å². The van der Waals surface area contributed by atoms with Crippen molar-refractivity contribution in [3.63, 3.8) is 0 Å². The van der Waals surface area contributed by atoms with Crippen molar-refractivity contribution in [2.45, 2.75) is 63.5 Å². The zero-order valence-corrected chi connectivity index (χ0v) is 14.2. The fourth-order valence-corrected chi connectivity index (χ4v) is 3.69. The lowest BCUT2D eigenvalue weighted by atomic mass is 9.84. The van der Waals surface area contributed by atoms with E-state index in [9.17, 15) is 0 Å². The van der Waals surface area contributed by atoms with E-state index in [1.54, 1.807) is 6.26 Å². The van der Waals surface area contributed by atoms with Crippen LogP contribution in [0.2, 0.25) is 0 Å². The molecular formula is C16H26BrNO2. The highest BCUT2D eigenvalue weighted by molar-refractivity contribution is 9.10. The summed E-state index contributed by atoms with van der Waals surface area (Å²) in [5.41, 5.74) is -0.147. The highest BCUT2D eigenvalue weighted by atomic mass is 79.9. The Hall–Kier alpha value is -0.320. The molecule has 0 spiro atoms. The molecule has 1 atom stereocenters. The van der Waals surface area contributed by atoms with Crippen LogP contribution in [-0.4, -0.2) is 19.3 Å². The Morgan fingerprint density at radius 2 is 2.05 bits per heavy atom. The molecule has 1 aliphatic carbocycles. The van der Waals surface area contributed by atoms with Gasteiger partial charge in [-0.15, -0.1) is 0 Å². The van der Waals surface area contributed by atoms with Crippen molar-refractivity contribution in [2.24, 2.45) is 0 Å². The monoisotopic (exact) mass is 343 g/mol. The van der Waals surface area contributed by atoms with Crippen molar-refractivity contribution < 1.29 is 9.15 Å². The molecule has 1 aliphatic rings. The predicted octanol–water partition coefficient (Wildman–Crippen LogP) is 4.82. The van der Waals surface area contributed by atoms with Crippen molar-refractivity contribution in [3.8, 4) is 0 Å². The average Bonchev–Trinajstić information content (AvgIpc) is 2.75. The highest BCUT2D eigenvalue weighted by Crippen LogP contribution is 2.42. The first-order valence-electron chi connectivity index (χ1n) is 7.75. The second kappa shape index (κ2) is 7.62. The van der Waals surface area contributed by atoms with Crippen LogP contribution in [0.5, 0.6) is 0 Å². The zero-order valence-electron chi connectivity index (χ0n) is 12.6. The lowest BCUT2D eigenvalue weighted by molar-refractivity contribution is -0.0591. The van der Waals surface area contributed by atoms with Gasteiger partial charge in [0.25, 0.3) is 0 Å². The number of rotatable bonds is 6. The third-order valence-corrected chi connectivity index (χ3v) is 5.04. The molecule has 2 rings (SSSR count). The van der Waals surface area contributed by atoms with E-state index in [-0.39, 0.29) is 11.6 Å². The SMILES string of the molecule is CCCNC(c1occc1Br)C1(OC)CCCCCC1. The summed E-state index contributed by atoms with van der Waals surface area (Å²) in [4.78, 5) is 0. The Balaban J connectivity index is 2.29. The number of furan rings is 1. The van der Waals surface area contributed by atoms with Gasteiger partial charge in [0.05, 0.1) is 22.4 Å². The minimum absolute atomic E-state index is 0.120.